The number of rotatable bonds is 8. The van der Waals surface area contributed by atoms with Crippen LogP contribution in [-0.2, 0) is 14.3 Å². The van der Waals surface area contributed by atoms with Gasteiger partial charge in [0.1, 0.15) is 5.75 Å². The zero-order valence-corrected chi connectivity index (χ0v) is 14.8. The van der Waals surface area contributed by atoms with Crippen LogP contribution in [0.2, 0.25) is 0 Å². The van der Waals surface area contributed by atoms with E-state index >= 15 is 0 Å². The monoisotopic (exact) mass is 369 g/mol. The first-order valence-electron chi connectivity index (χ1n) is 8.30. The first-order valence-corrected chi connectivity index (χ1v) is 8.30. The van der Waals surface area contributed by atoms with Crippen LogP contribution in [0.15, 0.2) is 54.6 Å². The number of hydrogen-bond acceptors (Lipinski definition) is 6. The molecular formula is C20H19NO6. The summed E-state index contributed by atoms with van der Waals surface area (Å²) in [5.74, 6) is -1.67. The molecule has 0 spiro atoms. The fourth-order valence-corrected chi connectivity index (χ4v) is 2.10. The first-order chi connectivity index (χ1) is 13.0. The lowest BCUT2D eigenvalue weighted by molar-refractivity contribution is -0.150. The highest BCUT2D eigenvalue weighted by atomic mass is 16.6. The molecule has 7 nitrogen and oxygen atoms in total. The van der Waals surface area contributed by atoms with E-state index in [9.17, 15) is 19.2 Å². The maximum Gasteiger partial charge on any atom is 0.344 e. The lowest BCUT2D eigenvalue weighted by Crippen LogP contribution is -2.34. The largest absolute Gasteiger partial charge is 0.482 e. The summed E-state index contributed by atoms with van der Waals surface area (Å²) in [6.07, 6.45) is 0.404. The molecule has 2 rings (SSSR count). The van der Waals surface area contributed by atoms with Crippen LogP contribution in [0.5, 0.6) is 5.75 Å². The van der Waals surface area contributed by atoms with Crippen LogP contribution >= 0.6 is 0 Å². The zero-order chi connectivity index (χ0) is 19.6. The number of carbonyl (C=O) groups is 4. The Labute approximate surface area is 156 Å². The second-order valence-electron chi connectivity index (χ2n) is 5.49. The molecule has 2 aromatic rings. The lowest BCUT2D eigenvalue weighted by atomic mass is 10.1. The van der Waals surface area contributed by atoms with E-state index in [-0.39, 0.29) is 5.78 Å². The van der Waals surface area contributed by atoms with Crippen LogP contribution in [-0.4, -0.2) is 36.8 Å². The highest BCUT2D eigenvalue weighted by molar-refractivity contribution is 6.05. The third-order valence-corrected chi connectivity index (χ3v) is 3.51. The smallest absolute Gasteiger partial charge is 0.344 e. The molecule has 7 heteroatoms. The number of hydrogen-bond donors (Lipinski definition) is 1. The molecule has 0 saturated heterocycles. The van der Waals surface area contributed by atoms with E-state index in [1.54, 1.807) is 61.5 Å². The van der Waals surface area contributed by atoms with Gasteiger partial charge in [-0.2, -0.15) is 0 Å². The quantitative estimate of drug-likeness (QED) is 0.565. The van der Waals surface area contributed by atoms with E-state index < -0.39 is 31.0 Å². The molecule has 0 bridgehead atoms. The average Bonchev–Trinajstić information content (AvgIpc) is 2.71. The number of ether oxygens (including phenoxy) is 2. The Balaban J connectivity index is 1.72. The molecule has 0 fully saturated rings. The predicted octanol–water partition coefficient (Wildman–Crippen LogP) is 2.16. The van der Waals surface area contributed by atoms with Crippen LogP contribution in [0.3, 0.4) is 0 Å². The van der Waals surface area contributed by atoms with Crippen molar-refractivity contribution in [3.8, 4) is 5.75 Å². The van der Waals surface area contributed by atoms with Crippen molar-refractivity contribution < 1.29 is 28.7 Å². The van der Waals surface area contributed by atoms with Gasteiger partial charge < -0.3 is 9.47 Å². The summed E-state index contributed by atoms with van der Waals surface area (Å²) in [6, 6.07) is 14.6. The van der Waals surface area contributed by atoms with Gasteiger partial charge in [0.2, 0.25) is 0 Å². The van der Waals surface area contributed by atoms with Gasteiger partial charge in [-0.1, -0.05) is 25.1 Å². The summed E-state index contributed by atoms with van der Waals surface area (Å²) in [6.45, 7) is 0.776. The highest BCUT2D eigenvalue weighted by Gasteiger charge is 2.13. The molecule has 140 valence electrons. The van der Waals surface area contributed by atoms with Crippen LogP contribution in [0.4, 0.5) is 0 Å². The van der Waals surface area contributed by atoms with Crippen molar-refractivity contribution in [1.82, 2.24) is 5.32 Å². The Morgan fingerprint density at radius 3 is 2.15 bits per heavy atom. The van der Waals surface area contributed by atoms with Crippen molar-refractivity contribution in [3.63, 3.8) is 0 Å². The summed E-state index contributed by atoms with van der Waals surface area (Å²) in [5, 5.41) is 2.12. The molecule has 0 aliphatic carbocycles. The minimum absolute atomic E-state index is 0.0111. The van der Waals surface area contributed by atoms with E-state index in [0.29, 0.717) is 23.3 Å². The second-order valence-corrected chi connectivity index (χ2v) is 5.49. The van der Waals surface area contributed by atoms with Crippen molar-refractivity contribution in [3.05, 3.63) is 65.7 Å². The molecule has 0 radical (unpaired) electrons. The van der Waals surface area contributed by atoms with Crippen LogP contribution in [0, 0.1) is 0 Å². The van der Waals surface area contributed by atoms with Gasteiger partial charge in [0, 0.05) is 17.5 Å². The minimum Gasteiger partial charge on any atom is -0.482 e. The molecule has 0 aliphatic heterocycles. The molecular weight excluding hydrogens is 350 g/mol. The number of benzene rings is 2. The molecule has 0 aliphatic rings. The number of Topliss-reactive ketones (excluding diaryl/α,β-unsaturated/α-hetero) is 1. The van der Waals surface area contributed by atoms with Gasteiger partial charge in [0.15, 0.2) is 19.0 Å². The molecule has 0 unspecified atom stereocenters. The standard InChI is InChI=1S/C20H19NO6/c1-2-17(22)14-8-10-16(11-9-14)26-13-19(24)27-12-18(23)21-20(25)15-6-4-3-5-7-15/h3-11H,2,12-13H2,1H3,(H,21,23,25). The van der Waals surface area contributed by atoms with E-state index in [4.69, 9.17) is 9.47 Å². The van der Waals surface area contributed by atoms with Crippen molar-refractivity contribution in [2.45, 2.75) is 13.3 Å². The van der Waals surface area contributed by atoms with Gasteiger partial charge in [0.05, 0.1) is 0 Å². The highest BCUT2D eigenvalue weighted by Crippen LogP contribution is 2.13. The normalized spacial score (nSPS) is 9.96. The zero-order valence-electron chi connectivity index (χ0n) is 14.8. The fourth-order valence-electron chi connectivity index (χ4n) is 2.10. The summed E-state index contributed by atoms with van der Waals surface area (Å²) >= 11 is 0. The van der Waals surface area contributed by atoms with Gasteiger partial charge in [0.25, 0.3) is 11.8 Å². The number of ketones is 1. The Kier molecular flexibility index (Phi) is 7.25. The average molecular weight is 369 g/mol. The lowest BCUT2D eigenvalue weighted by Gasteiger charge is -2.08. The second kappa shape index (κ2) is 9.86. The summed E-state index contributed by atoms with van der Waals surface area (Å²) < 4.78 is 9.99. The Morgan fingerprint density at radius 2 is 1.52 bits per heavy atom. The molecule has 27 heavy (non-hydrogen) atoms. The molecule has 0 heterocycles. The summed E-state index contributed by atoms with van der Waals surface area (Å²) in [7, 11) is 0. The number of nitrogens with one attached hydrogen (secondary N) is 1. The van der Waals surface area contributed by atoms with Crippen molar-refractivity contribution in [2.75, 3.05) is 13.2 Å². The third kappa shape index (κ3) is 6.39. The summed E-state index contributed by atoms with van der Waals surface area (Å²) in [4.78, 5) is 46.6. The first kappa shape index (κ1) is 19.8. The molecule has 0 atom stereocenters. The van der Waals surface area contributed by atoms with Gasteiger partial charge in [-0.3, -0.25) is 19.7 Å². The molecule has 2 aromatic carbocycles. The SMILES string of the molecule is CCC(=O)c1ccc(OCC(=O)OCC(=O)NC(=O)c2ccccc2)cc1. The van der Waals surface area contributed by atoms with Crippen molar-refractivity contribution in [2.24, 2.45) is 0 Å². The predicted molar refractivity (Wildman–Crippen MR) is 96.4 cm³/mol. The fraction of sp³-hybridized carbons (Fsp3) is 0.200. The van der Waals surface area contributed by atoms with Crippen molar-refractivity contribution in [1.29, 1.82) is 0 Å². The molecule has 2 amide bonds. The number of amides is 2. The van der Waals surface area contributed by atoms with E-state index in [1.165, 1.54) is 0 Å². The topological polar surface area (TPSA) is 98.8 Å². The van der Waals surface area contributed by atoms with Gasteiger partial charge in [-0.05, 0) is 36.4 Å². The number of imide groups is 1. The van der Waals surface area contributed by atoms with Crippen LogP contribution in [0.1, 0.15) is 34.1 Å². The number of carbonyl (C=O) groups excluding carboxylic acids is 4. The molecule has 1 N–H and O–H groups in total. The van der Waals surface area contributed by atoms with Crippen LogP contribution < -0.4 is 10.1 Å². The Hall–Kier alpha value is -3.48. The van der Waals surface area contributed by atoms with E-state index in [0.717, 1.165) is 0 Å². The van der Waals surface area contributed by atoms with E-state index in [2.05, 4.69) is 5.32 Å². The van der Waals surface area contributed by atoms with Gasteiger partial charge >= 0.3 is 5.97 Å². The van der Waals surface area contributed by atoms with Gasteiger partial charge in [-0.15, -0.1) is 0 Å². The summed E-state index contributed by atoms with van der Waals surface area (Å²) in [5.41, 5.74) is 0.887. The van der Waals surface area contributed by atoms with Crippen LogP contribution in [0.25, 0.3) is 0 Å². The number of esters is 1. The maximum absolute atomic E-state index is 11.8. The van der Waals surface area contributed by atoms with Crippen molar-refractivity contribution >= 4 is 23.6 Å². The maximum atomic E-state index is 11.8. The Morgan fingerprint density at radius 1 is 0.852 bits per heavy atom. The molecule has 0 aromatic heterocycles. The minimum atomic E-state index is -0.758. The van der Waals surface area contributed by atoms with Gasteiger partial charge in [-0.25, -0.2) is 4.79 Å². The van der Waals surface area contributed by atoms with E-state index in [1.807, 2.05) is 0 Å². The molecule has 0 saturated carbocycles. The Bertz CT molecular complexity index is 814. The third-order valence-electron chi connectivity index (χ3n) is 3.51.